The SMILES string of the molecule is Cc1ccc(S(=O)(=O)CC2CCCC(C(=O)O)C2)cc1. The molecule has 0 bridgehead atoms. The highest BCUT2D eigenvalue weighted by atomic mass is 32.2. The quantitative estimate of drug-likeness (QED) is 0.927. The van der Waals surface area contributed by atoms with E-state index in [1.165, 1.54) is 0 Å². The molecule has 1 aromatic rings. The summed E-state index contributed by atoms with van der Waals surface area (Å²) in [5, 5.41) is 9.05. The minimum atomic E-state index is -3.32. The maximum atomic E-state index is 12.3. The van der Waals surface area contributed by atoms with E-state index in [9.17, 15) is 13.2 Å². The number of hydrogen-bond acceptors (Lipinski definition) is 3. The highest BCUT2D eigenvalue weighted by Crippen LogP contribution is 2.31. The van der Waals surface area contributed by atoms with Crippen LogP contribution in [-0.4, -0.2) is 25.2 Å². The van der Waals surface area contributed by atoms with E-state index in [0.29, 0.717) is 17.7 Å². The molecule has 2 unspecified atom stereocenters. The molecule has 0 amide bonds. The Labute approximate surface area is 119 Å². The van der Waals surface area contributed by atoms with Crippen molar-refractivity contribution in [1.82, 2.24) is 0 Å². The lowest BCUT2D eigenvalue weighted by molar-refractivity contribution is -0.143. The van der Waals surface area contributed by atoms with Crippen LogP contribution in [-0.2, 0) is 14.6 Å². The summed E-state index contributed by atoms with van der Waals surface area (Å²) in [5.41, 5.74) is 1.02. The molecule has 2 atom stereocenters. The van der Waals surface area contributed by atoms with Gasteiger partial charge in [0.15, 0.2) is 9.84 Å². The average molecular weight is 296 g/mol. The van der Waals surface area contributed by atoms with Crippen LogP contribution in [0.3, 0.4) is 0 Å². The molecule has 0 spiro atoms. The topological polar surface area (TPSA) is 71.4 Å². The second-order valence-corrected chi connectivity index (χ2v) is 7.70. The summed E-state index contributed by atoms with van der Waals surface area (Å²) in [6, 6.07) is 6.83. The summed E-state index contributed by atoms with van der Waals surface area (Å²) in [7, 11) is -3.32. The van der Waals surface area contributed by atoms with Gasteiger partial charge >= 0.3 is 5.97 Å². The number of hydrogen-bond donors (Lipinski definition) is 1. The van der Waals surface area contributed by atoms with Gasteiger partial charge in [-0.1, -0.05) is 24.1 Å². The molecule has 20 heavy (non-hydrogen) atoms. The van der Waals surface area contributed by atoms with Crippen LogP contribution in [0.2, 0.25) is 0 Å². The number of benzene rings is 1. The molecule has 5 heteroatoms. The highest BCUT2D eigenvalue weighted by molar-refractivity contribution is 7.91. The van der Waals surface area contributed by atoms with Crippen molar-refractivity contribution in [3.8, 4) is 0 Å². The maximum Gasteiger partial charge on any atom is 0.306 e. The monoisotopic (exact) mass is 296 g/mol. The van der Waals surface area contributed by atoms with E-state index in [2.05, 4.69) is 0 Å². The van der Waals surface area contributed by atoms with Gasteiger partial charge in [-0.05, 0) is 44.2 Å². The number of carboxylic acid groups (broad SMARTS) is 1. The molecule has 0 radical (unpaired) electrons. The molecular formula is C15H20O4S. The summed E-state index contributed by atoms with van der Waals surface area (Å²) in [6.07, 6.45) is 2.73. The predicted octanol–water partition coefficient (Wildman–Crippen LogP) is 2.66. The van der Waals surface area contributed by atoms with Crippen molar-refractivity contribution in [2.75, 3.05) is 5.75 Å². The molecule has 1 fully saturated rings. The fraction of sp³-hybridized carbons (Fsp3) is 0.533. The van der Waals surface area contributed by atoms with Crippen LogP contribution >= 0.6 is 0 Å². The first-order valence-electron chi connectivity index (χ1n) is 6.91. The maximum absolute atomic E-state index is 12.3. The van der Waals surface area contributed by atoms with E-state index in [0.717, 1.165) is 18.4 Å². The molecule has 1 aliphatic carbocycles. The lowest BCUT2D eigenvalue weighted by atomic mass is 9.82. The third-order valence-corrected chi connectivity index (χ3v) is 5.87. The molecule has 0 aliphatic heterocycles. The summed E-state index contributed by atoms with van der Waals surface area (Å²) in [6.45, 7) is 1.91. The van der Waals surface area contributed by atoms with Crippen molar-refractivity contribution in [1.29, 1.82) is 0 Å². The summed E-state index contributed by atoms with van der Waals surface area (Å²) in [4.78, 5) is 11.4. The molecule has 0 saturated heterocycles. The molecule has 1 aromatic carbocycles. The zero-order valence-corrected chi connectivity index (χ0v) is 12.4. The Morgan fingerprint density at radius 3 is 2.50 bits per heavy atom. The molecule has 0 aromatic heterocycles. The van der Waals surface area contributed by atoms with Gasteiger partial charge in [0.25, 0.3) is 0 Å². The molecule has 1 N–H and O–H groups in total. The first-order valence-corrected chi connectivity index (χ1v) is 8.56. The van der Waals surface area contributed by atoms with E-state index >= 15 is 0 Å². The molecule has 0 heterocycles. The van der Waals surface area contributed by atoms with Gasteiger partial charge in [-0.3, -0.25) is 4.79 Å². The van der Waals surface area contributed by atoms with Gasteiger partial charge in [-0.25, -0.2) is 8.42 Å². The van der Waals surface area contributed by atoms with Crippen molar-refractivity contribution in [3.63, 3.8) is 0 Å². The number of sulfone groups is 1. The largest absolute Gasteiger partial charge is 0.481 e. The van der Waals surface area contributed by atoms with Crippen LogP contribution in [0.5, 0.6) is 0 Å². The van der Waals surface area contributed by atoms with Crippen LogP contribution in [0, 0.1) is 18.8 Å². The zero-order chi connectivity index (χ0) is 14.8. The average Bonchev–Trinajstić information content (AvgIpc) is 2.39. The van der Waals surface area contributed by atoms with Crippen LogP contribution < -0.4 is 0 Å². The van der Waals surface area contributed by atoms with E-state index in [-0.39, 0.29) is 17.6 Å². The van der Waals surface area contributed by atoms with E-state index < -0.39 is 15.8 Å². The van der Waals surface area contributed by atoms with Gasteiger partial charge in [0, 0.05) is 0 Å². The van der Waals surface area contributed by atoms with E-state index in [4.69, 9.17) is 5.11 Å². The van der Waals surface area contributed by atoms with E-state index in [1.807, 2.05) is 6.92 Å². The van der Waals surface area contributed by atoms with Crippen molar-refractivity contribution in [2.24, 2.45) is 11.8 Å². The van der Waals surface area contributed by atoms with Crippen molar-refractivity contribution < 1.29 is 18.3 Å². The Bertz CT molecular complexity index is 574. The van der Waals surface area contributed by atoms with Crippen molar-refractivity contribution in [2.45, 2.75) is 37.5 Å². The minimum absolute atomic E-state index is 0.0452. The minimum Gasteiger partial charge on any atom is -0.481 e. The zero-order valence-electron chi connectivity index (χ0n) is 11.6. The number of aliphatic carboxylic acids is 1. The fourth-order valence-electron chi connectivity index (χ4n) is 2.82. The van der Waals surface area contributed by atoms with Crippen molar-refractivity contribution >= 4 is 15.8 Å². The Morgan fingerprint density at radius 2 is 1.90 bits per heavy atom. The second kappa shape index (κ2) is 5.95. The third-order valence-electron chi connectivity index (χ3n) is 3.97. The molecule has 1 aliphatic rings. The summed E-state index contributed by atoms with van der Waals surface area (Å²) >= 11 is 0. The van der Waals surface area contributed by atoms with Crippen LogP contribution in [0.1, 0.15) is 31.2 Å². The number of rotatable bonds is 4. The van der Waals surface area contributed by atoms with Crippen LogP contribution in [0.25, 0.3) is 0 Å². The van der Waals surface area contributed by atoms with Gasteiger partial charge in [-0.2, -0.15) is 0 Å². The van der Waals surface area contributed by atoms with Crippen LogP contribution in [0.4, 0.5) is 0 Å². The van der Waals surface area contributed by atoms with Gasteiger partial charge in [0.2, 0.25) is 0 Å². The molecule has 2 rings (SSSR count). The van der Waals surface area contributed by atoms with E-state index in [1.54, 1.807) is 24.3 Å². The summed E-state index contributed by atoms with van der Waals surface area (Å²) < 4.78 is 24.7. The van der Waals surface area contributed by atoms with Gasteiger partial charge in [0.1, 0.15) is 0 Å². The first-order chi connectivity index (χ1) is 9.38. The van der Waals surface area contributed by atoms with Crippen LogP contribution in [0.15, 0.2) is 29.2 Å². The Balaban J connectivity index is 2.08. The Hall–Kier alpha value is -1.36. The highest BCUT2D eigenvalue weighted by Gasteiger charge is 2.30. The third kappa shape index (κ3) is 3.60. The van der Waals surface area contributed by atoms with Crippen molar-refractivity contribution in [3.05, 3.63) is 29.8 Å². The smallest absolute Gasteiger partial charge is 0.306 e. The molecule has 1 saturated carbocycles. The Morgan fingerprint density at radius 1 is 1.25 bits per heavy atom. The number of carboxylic acids is 1. The number of aryl methyl sites for hydroxylation is 1. The first kappa shape index (κ1) is 15.0. The molecule has 110 valence electrons. The standard InChI is InChI=1S/C15H20O4S/c1-11-5-7-14(8-6-11)20(18,19)10-12-3-2-4-13(9-12)15(16)17/h5-8,12-13H,2-4,9-10H2,1H3,(H,16,17). The van der Waals surface area contributed by atoms with Gasteiger partial charge < -0.3 is 5.11 Å². The summed E-state index contributed by atoms with van der Waals surface area (Å²) in [5.74, 6) is -1.18. The predicted molar refractivity (Wildman–Crippen MR) is 76.3 cm³/mol. The second-order valence-electron chi connectivity index (χ2n) is 5.66. The van der Waals surface area contributed by atoms with Gasteiger partial charge in [-0.15, -0.1) is 0 Å². The van der Waals surface area contributed by atoms with Gasteiger partial charge in [0.05, 0.1) is 16.6 Å². The normalized spacial score (nSPS) is 23.4. The number of carbonyl (C=O) groups is 1. The fourth-order valence-corrected chi connectivity index (χ4v) is 4.49. The molecule has 4 nitrogen and oxygen atoms in total. The lowest BCUT2D eigenvalue weighted by Crippen LogP contribution is -2.27. The Kier molecular flexibility index (Phi) is 4.48. The lowest BCUT2D eigenvalue weighted by Gasteiger charge is -2.26. The molecular weight excluding hydrogens is 276 g/mol.